The zero-order valence-corrected chi connectivity index (χ0v) is 21.5. The van der Waals surface area contributed by atoms with Crippen molar-refractivity contribution in [3.8, 4) is 18.2 Å². The normalized spacial score (nSPS) is 12.7. The summed E-state index contributed by atoms with van der Waals surface area (Å²) in [4.78, 5) is 40.1. The highest BCUT2D eigenvalue weighted by Gasteiger charge is 2.35. The van der Waals surface area contributed by atoms with Gasteiger partial charge in [-0.15, -0.1) is 0 Å². The Morgan fingerprint density at radius 3 is 2.38 bits per heavy atom. The first-order chi connectivity index (χ1) is 16.0. The van der Waals surface area contributed by atoms with Crippen molar-refractivity contribution in [1.82, 2.24) is 15.5 Å². The van der Waals surface area contributed by atoms with Crippen LogP contribution < -0.4 is 10.6 Å². The number of hydrogen-bond donors (Lipinski definition) is 3. The number of phenols is 1. The van der Waals surface area contributed by atoms with Crippen molar-refractivity contribution in [1.29, 1.82) is 0 Å². The van der Waals surface area contributed by atoms with Crippen LogP contribution in [-0.4, -0.2) is 58.1 Å². The summed E-state index contributed by atoms with van der Waals surface area (Å²) < 4.78 is 5.31. The Labute approximate surface area is 207 Å². The Bertz CT molecular complexity index is 846. The number of carbonyl (C=O) groups is 3. The molecule has 2 atom stereocenters. The number of benzene rings is 1. The van der Waals surface area contributed by atoms with Crippen LogP contribution in [0.3, 0.4) is 0 Å². The third kappa shape index (κ3) is 9.96. The lowest BCUT2D eigenvalue weighted by Gasteiger charge is -2.30. The van der Waals surface area contributed by atoms with Crippen molar-refractivity contribution in [3.63, 3.8) is 0 Å². The van der Waals surface area contributed by atoms with Crippen LogP contribution in [0, 0.1) is 12.5 Å². The van der Waals surface area contributed by atoms with Gasteiger partial charge in [0.1, 0.15) is 23.4 Å². The second kappa shape index (κ2) is 14.4. The van der Waals surface area contributed by atoms with E-state index < -0.39 is 35.6 Å². The van der Waals surface area contributed by atoms with Crippen molar-refractivity contribution in [2.45, 2.75) is 71.1 Å². The van der Waals surface area contributed by atoms with E-state index in [-0.39, 0.29) is 5.75 Å². The maximum absolute atomic E-state index is 13.5. The molecule has 34 heavy (non-hydrogen) atoms. The third-order valence-corrected chi connectivity index (χ3v) is 5.42. The number of amides is 3. The van der Waals surface area contributed by atoms with Gasteiger partial charge in [-0.25, -0.2) is 4.79 Å². The largest absolute Gasteiger partial charge is 0.508 e. The molecule has 9 heteroatoms. The molecule has 3 N–H and O–H groups in total. The molecular formula is C25H37N3O5S. The molecule has 0 aromatic heterocycles. The first-order valence-electron chi connectivity index (χ1n) is 11.4. The van der Waals surface area contributed by atoms with Crippen LogP contribution in [0.15, 0.2) is 24.3 Å². The molecule has 188 valence electrons. The Balaban J connectivity index is 3.24. The van der Waals surface area contributed by atoms with E-state index in [4.69, 9.17) is 11.2 Å². The molecule has 0 saturated carbocycles. The molecule has 1 aromatic carbocycles. The molecule has 0 aliphatic rings. The van der Waals surface area contributed by atoms with E-state index in [1.807, 2.05) is 6.26 Å². The second-order valence-electron chi connectivity index (χ2n) is 8.81. The van der Waals surface area contributed by atoms with E-state index >= 15 is 0 Å². The molecule has 0 radical (unpaired) electrons. The van der Waals surface area contributed by atoms with Crippen LogP contribution in [0.5, 0.6) is 5.75 Å². The minimum absolute atomic E-state index is 0.0221. The van der Waals surface area contributed by atoms with Gasteiger partial charge in [0, 0.05) is 12.6 Å². The van der Waals surface area contributed by atoms with Gasteiger partial charge in [0.15, 0.2) is 0 Å². The van der Waals surface area contributed by atoms with Crippen molar-refractivity contribution < 1.29 is 24.2 Å². The molecule has 0 bridgehead atoms. The standard InChI is InChI=1S/C25H37N3O5S/c1-7-9-10-16-26-22(30)21(18-11-13-19(29)14-12-18)28(8-2)23(31)20(15-17-34-6)27-24(32)33-25(3,4)5/h2,11-14,20-21,29H,7,9-10,15-17H2,1,3-6H3,(H,26,30)(H,27,32). The third-order valence-electron chi connectivity index (χ3n) is 4.77. The fourth-order valence-corrected chi connectivity index (χ4v) is 3.61. The molecule has 0 aliphatic carbocycles. The Hall–Kier alpha value is -2.86. The van der Waals surface area contributed by atoms with E-state index in [2.05, 4.69) is 23.6 Å². The molecular weight excluding hydrogens is 454 g/mol. The SMILES string of the molecule is C#CN(C(=O)C(CCSC)NC(=O)OC(C)(C)C)C(C(=O)NCCCCC)c1ccc(O)cc1. The number of thioether (sulfide) groups is 1. The number of nitrogens with one attached hydrogen (secondary N) is 2. The summed E-state index contributed by atoms with van der Waals surface area (Å²) in [5, 5.41) is 15.1. The fraction of sp³-hybridized carbons (Fsp3) is 0.560. The average Bonchev–Trinajstić information content (AvgIpc) is 2.76. The maximum atomic E-state index is 13.5. The summed E-state index contributed by atoms with van der Waals surface area (Å²) in [6.45, 7) is 7.68. The summed E-state index contributed by atoms with van der Waals surface area (Å²) in [6, 6.07) is 6.17. The molecule has 0 saturated heterocycles. The number of hydrogen-bond acceptors (Lipinski definition) is 6. The van der Waals surface area contributed by atoms with E-state index in [1.54, 1.807) is 32.9 Å². The van der Waals surface area contributed by atoms with Gasteiger partial charge < -0.3 is 20.5 Å². The van der Waals surface area contributed by atoms with Gasteiger partial charge in [-0.05, 0) is 63.3 Å². The molecule has 0 aliphatic heterocycles. The lowest BCUT2D eigenvalue weighted by Crippen LogP contribution is -2.51. The molecule has 0 fully saturated rings. The number of unbranched alkanes of at least 4 members (excludes halogenated alkanes) is 2. The summed E-state index contributed by atoms with van der Waals surface area (Å²) >= 11 is 1.51. The van der Waals surface area contributed by atoms with Gasteiger partial charge in [0.2, 0.25) is 5.91 Å². The van der Waals surface area contributed by atoms with Gasteiger partial charge in [-0.3, -0.25) is 14.5 Å². The first kappa shape index (κ1) is 29.2. The summed E-state index contributed by atoms with van der Waals surface area (Å²) in [6.07, 6.45) is 9.93. The lowest BCUT2D eigenvalue weighted by molar-refractivity contribution is -0.138. The molecule has 0 heterocycles. The van der Waals surface area contributed by atoms with Crippen molar-refractivity contribution in [2.24, 2.45) is 0 Å². The highest BCUT2D eigenvalue weighted by Crippen LogP contribution is 2.24. The highest BCUT2D eigenvalue weighted by molar-refractivity contribution is 7.98. The number of terminal acetylenes is 1. The Morgan fingerprint density at radius 2 is 1.85 bits per heavy atom. The smallest absolute Gasteiger partial charge is 0.408 e. The summed E-state index contributed by atoms with van der Waals surface area (Å²) in [7, 11) is 0. The maximum Gasteiger partial charge on any atom is 0.408 e. The number of phenolic OH excluding ortho intramolecular Hbond substituents is 1. The minimum Gasteiger partial charge on any atom is -0.508 e. The second-order valence-corrected chi connectivity index (χ2v) is 9.80. The van der Waals surface area contributed by atoms with Gasteiger partial charge >= 0.3 is 6.09 Å². The molecule has 2 unspecified atom stereocenters. The fourth-order valence-electron chi connectivity index (χ4n) is 3.13. The molecule has 0 spiro atoms. The number of rotatable bonds is 12. The summed E-state index contributed by atoms with van der Waals surface area (Å²) in [5.74, 6) is -0.426. The summed E-state index contributed by atoms with van der Waals surface area (Å²) in [5.41, 5.74) is -0.298. The number of ether oxygens (including phenoxy) is 1. The van der Waals surface area contributed by atoms with Crippen LogP contribution in [0.1, 0.15) is 65.0 Å². The van der Waals surface area contributed by atoms with Crippen LogP contribution in [0.4, 0.5) is 4.79 Å². The van der Waals surface area contributed by atoms with Crippen molar-refractivity contribution >= 4 is 29.7 Å². The van der Waals surface area contributed by atoms with Crippen LogP contribution in [0.25, 0.3) is 0 Å². The predicted octanol–water partition coefficient (Wildman–Crippen LogP) is 3.81. The van der Waals surface area contributed by atoms with Crippen molar-refractivity contribution in [2.75, 3.05) is 18.6 Å². The molecule has 1 aromatic rings. The topological polar surface area (TPSA) is 108 Å². The molecule has 3 amide bonds. The Morgan fingerprint density at radius 1 is 1.21 bits per heavy atom. The number of nitrogens with zero attached hydrogens (tertiary/aromatic N) is 1. The minimum atomic E-state index is -1.13. The van der Waals surface area contributed by atoms with Gasteiger partial charge in [-0.1, -0.05) is 38.3 Å². The monoisotopic (exact) mass is 491 g/mol. The van der Waals surface area contributed by atoms with E-state index in [1.165, 1.54) is 23.9 Å². The zero-order valence-electron chi connectivity index (χ0n) is 20.7. The van der Waals surface area contributed by atoms with E-state index in [0.717, 1.165) is 24.2 Å². The number of aromatic hydroxyl groups is 1. The van der Waals surface area contributed by atoms with Crippen LogP contribution >= 0.6 is 11.8 Å². The van der Waals surface area contributed by atoms with E-state index in [0.29, 0.717) is 24.3 Å². The van der Waals surface area contributed by atoms with Gasteiger partial charge in [0.05, 0.1) is 0 Å². The van der Waals surface area contributed by atoms with E-state index in [9.17, 15) is 19.5 Å². The molecule has 8 nitrogen and oxygen atoms in total. The lowest BCUT2D eigenvalue weighted by atomic mass is 10.0. The van der Waals surface area contributed by atoms with Crippen LogP contribution in [-0.2, 0) is 14.3 Å². The first-order valence-corrected chi connectivity index (χ1v) is 12.8. The van der Waals surface area contributed by atoms with Gasteiger partial charge in [0.25, 0.3) is 5.91 Å². The van der Waals surface area contributed by atoms with Crippen molar-refractivity contribution in [3.05, 3.63) is 29.8 Å². The number of carbonyl (C=O) groups excluding carboxylic acids is 3. The Kier molecular flexibility index (Phi) is 12.4. The highest BCUT2D eigenvalue weighted by atomic mass is 32.2. The number of alkyl carbamates (subject to hydrolysis) is 1. The predicted molar refractivity (Wildman–Crippen MR) is 135 cm³/mol. The molecule has 1 rings (SSSR count). The van der Waals surface area contributed by atoms with Crippen LogP contribution in [0.2, 0.25) is 0 Å². The zero-order chi connectivity index (χ0) is 25.7. The quantitative estimate of drug-likeness (QED) is 0.233. The average molecular weight is 492 g/mol. The van der Waals surface area contributed by atoms with Gasteiger partial charge in [-0.2, -0.15) is 11.8 Å².